The zero-order valence-corrected chi connectivity index (χ0v) is 43.7. The summed E-state index contributed by atoms with van der Waals surface area (Å²) >= 11 is 0. The Morgan fingerprint density at radius 2 is 1.49 bits per heavy atom. The number of carbonyl (C=O) groups excluding carboxylic acids is 2. The van der Waals surface area contributed by atoms with Crippen molar-refractivity contribution < 1.29 is 117 Å². The molecule has 0 aromatic rings. The molecule has 3 heterocycles. The minimum Gasteiger partial charge on any atom is -0.481 e. The SMILES string of the molecule is CC[C@H]1OC(=O)[C@H](C)[C@@H](OC2CC(C)(OC)C(OC(=O)NCCCCCC(=O)O)C(C)O2)[C@H](C)[C@@H](OC2OC(C)CC(C)C2O)[C@](C)(O)C[C@@H](C)[C@H](C)[C@H](C)[C@@H](O)[C@]1(C)O.[Ac]. The summed E-state index contributed by atoms with van der Waals surface area (Å²) in [5.74, 6) is -4.50. The molecule has 61 heavy (non-hydrogen) atoms. The van der Waals surface area contributed by atoms with Crippen molar-refractivity contribution >= 4 is 18.0 Å². The number of cyclic esters (lactones) is 1. The first-order chi connectivity index (χ1) is 27.8. The van der Waals surface area contributed by atoms with Gasteiger partial charge in [0.1, 0.15) is 23.4 Å². The molecule has 0 spiro atoms. The number of aliphatic hydroxyl groups is 4. The Labute approximate surface area is 399 Å². The third-order valence-corrected chi connectivity index (χ3v) is 13.8. The number of carboxylic acids is 1. The van der Waals surface area contributed by atoms with E-state index < -0.39 is 108 Å². The summed E-state index contributed by atoms with van der Waals surface area (Å²) < 4.78 is 43.9. The van der Waals surface area contributed by atoms with Crippen LogP contribution in [-0.4, -0.2) is 135 Å². The van der Waals surface area contributed by atoms with Gasteiger partial charge in [-0.25, -0.2) is 4.79 Å². The second kappa shape index (κ2) is 24.2. The van der Waals surface area contributed by atoms with Crippen LogP contribution >= 0.6 is 0 Å². The van der Waals surface area contributed by atoms with E-state index in [1.54, 1.807) is 41.5 Å². The molecular formula is C44H79AcNO15. The van der Waals surface area contributed by atoms with E-state index in [2.05, 4.69) is 5.32 Å². The number of amides is 1. The van der Waals surface area contributed by atoms with E-state index >= 15 is 0 Å². The molecule has 17 heteroatoms. The van der Waals surface area contributed by atoms with Crippen LogP contribution in [0, 0.1) is 79.6 Å². The number of hydrogen-bond acceptors (Lipinski definition) is 14. The van der Waals surface area contributed by atoms with Gasteiger partial charge in [0.25, 0.3) is 0 Å². The third-order valence-electron chi connectivity index (χ3n) is 13.8. The molecule has 3 aliphatic heterocycles. The van der Waals surface area contributed by atoms with Gasteiger partial charge < -0.3 is 64.0 Å². The van der Waals surface area contributed by atoms with Crippen LogP contribution in [0.3, 0.4) is 0 Å². The van der Waals surface area contributed by atoms with Gasteiger partial charge in [-0.15, -0.1) is 0 Å². The number of aliphatic hydroxyl groups excluding tert-OH is 2. The summed E-state index contributed by atoms with van der Waals surface area (Å²) in [7, 11) is 1.49. The Hall–Kier alpha value is -0.708. The van der Waals surface area contributed by atoms with Crippen LogP contribution < -0.4 is 5.32 Å². The zero-order valence-electron chi connectivity index (χ0n) is 39.0. The van der Waals surface area contributed by atoms with E-state index in [0.29, 0.717) is 32.2 Å². The molecule has 3 saturated heterocycles. The van der Waals surface area contributed by atoms with Crippen molar-refractivity contribution in [3.63, 3.8) is 0 Å². The van der Waals surface area contributed by atoms with Gasteiger partial charge in [0.2, 0.25) is 0 Å². The number of methoxy groups -OCH3 is 1. The van der Waals surface area contributed by atoms with Gasteiger partial charge in [-0.2, -0.15) is 0 Å². The standard InChI is InChI=1S/C44H79NO15.Ac/c1-14-31-44(12,53)36(49)27(6)26(5)24(3)21-42(10,52)37(59-40-34(48)23(2)20-25(4)55-40)28(7)35(29(8)39(50)57-31)58-33-22-43(11,54-13)38(30(9)56-33)60-41(51)45-19-17-15-16-18-32(46)47;/h23-31,33-38,40,48-49,52-53H,14-22H2,1-13H3,(H,45,51)(H,46,47);/t23?,24-,25?,26+,27+,28+,29-,30?,31-,33?,34?,35+,36-,37-,38?,40?,42-,43?,44-;/m1./s1. The van der Waals surface area contributed by atoms with Crippen LogP contribution in [0.25, 0.3) is 0 Å². The molecule has 3 rings (SSSR count). The van der Waals surface area contributed by atoms with Crippen molar-refractivity contribution in [2.45, 2.75) is 213 Å². The van der Waals surface area contributed by atoms with Crippen molar-refractivity contribution in [3.8, 4) is 0 Å². The molecule has 16 nitrogen and oxygen atoms in total. The molecule has 0 aliphatic carbocycles. The van der Waals surface area contributed by atoms with E-state index in [1.807, 2.05) is 34.6 Å². The number of rotatable bonds is 13. The van der Waals surface area contributed by atoms with E-state index in [9.17, 15) is 34.8 Å². The zero-order chi connectivity index (χ0) is 45.5. The Balaban J connectivity index is 0.0000128. The van der Waals surface area contributed by atoms with Gasteiger partial charge in [0.05, 0.1) is 42.0 Å². The largest absolute Gasteiger partial charge is 0.481 e. The van der Waals surface area contributed by atoms with E-state index in [-0.39, 0.29) is 93.6 Å². The average Bonchev–Trinajstić information content (AvgIpc) is 3.17. The van der Waals surface area contributed by atoms with Crippen LogP contribution in [0.2, 0.25) is 0 Å². The maximum absolute atomic E-state index is 14.3. The summed E-state index contributed by atoms with van der Waals surface area (Å²) in [5.41, 5.74) is -4.56. The first-order valence-electron chi connectivity index (χ1n) is 22.2. The van der Waals surface area contributed by atoms with Crippen molar-refractivity contribution in [2.24, 2.45) is 35.5 Å². The smallest absolute Gasteiger partial charge is 0.407 e. The quantitative estimate of drug-likeness (QED) is 0.106. The van der Waals surface area contributed by atoms with Crippen molar-refractivity contribution in [3.05, 3.63) is 0 Å². The van der Waals surface area contributed by atoms with E-state index in [4.69, 9.17) is 38.3 Å². The van der Waals surface area contributed by atoms with Gasteiger partial charge in [-0.05, 0) is 97.3 Å². The Morgan fingerprint density at radius 1 is 0.852 bits per heavy atom. The normalized spacial score (nSPS) is 44.2. The number of esters is 1. The first kappa shape index (κ1) is 56.4. The van der Waals surface area contributed by atoms with E-state index in [1.165, 1.54) is 14.0 Å². The summed E-state index contributed by atoms with van der Waals surface area (Å²) in [6, 6.07) is 0. The van der Waals surface area contributed by atoms with Crippen LogP contribution in [0.15, 0.2) is 0 Å². The molecule has 8 unspecified atom stereocenters. The fraction of sp³-hybridized carbons (Fsp3) is 0.932. The number of carbonyl (C=O) groups is 3. The Bertz CT molecular complexity index is 1390. The molecule has 0 aromatic heterocycles. The summed E-state index contributed by atoms with van der Waals surface area (Å²) in [4.78, 5) is 38.1. The number of aliphatic carboxylic acids is 1. The topological polar surface area (TPSA) is 229 Å². The van der Waals surface area contributed by atoms with Gasteiger partial charge in [-0.1, -0.05) is 48.0 Å². The van der Waals surface area contributed by atoms with Gasteiger partial charge >= 0.3 is 18.0 Å². The number of ether oxygens (including phenoxy) is 7. The minimum absolute atomic E-state index is 0. The van der Waals surface area contributed by atoms with E-state index in [0.717, 1.165) is 0 Å². The van der Waals surface area contributed by atoms with Crippen LogP contribution in [0.1, 0.15) is 134 Å². The van der Waals surface area contributed by atoms with Crippen LogP contribution in [0.5, 0.6) is 0 Å². The maximum atomic E-state index is 14.3. The van der Waals surface area contributed by atoms with Gasteiger partial charge in [0.15, 0.2) is 18.7 Å². The summed E-state index contributed by atoms with van der Waals surface area (Å²) in [6.07, 6.45) is -7.41. The minimum atomic E-state index is -1.82. The Kier molecular flexibility index (Phi) is 22.4. The van der Waals surface area contributed by atoms with Crippen molar-refractivity contribution in [1.29, 1.82) is 0 Å². The molecule has 0 bridgehead atoms. The predicted molar refractivity (Wildman–Crippen MR) is 220 cm³/mol. The van der Waals surface area contributed by atoms with Crippen LogP contribution in [0.4, 0.5) is 4.79 Å². The third kappa shape index (κ3) is 14.6. The number of nitrogens with one attached hydrogen (secondary N) is 1. The number of alkyl carbamates (subject to hydrolysis) is 1. The number of hydrogen-bond donors (Lipinski definition) is 6. The molecule has 1 amide bonds. The molecule has 1 radical (unpaired) electrons. The maximum Gasteiger partial charge on any atom is 0.407 e. The van der Waals surface area contributed by atoms with Gasteiger partial charge in [-0.3, -0.25) is 9.59 Å². The molecule has 19 atom stereocenters. The van der Waals surface area contributed by atoms with Gasteiger partial charge in [0, 0.05) is 76.5 Å². The summed E-state index contributed by atoms with van der Waals surface area (Å²) in [6.45, 7) is 21.7. The first-order valence-corrected chi connectivity index (χ1v) is 22.2. The Morgan fingerprint density at radius 3 is 2.08 bits per heavy atom. The molecule has 0 saturated carbocycles. The molecular weight excluding hydrogens is 1010 g/mol. The molecule has 353 valence electrons. The second-order valence-corrected chi connectivity index (χ2v) is 19.0. The number of carboxylic acid groups (broad SMARTS) is 1. The second-order valence-electron chi connectivity index (χ2n) is 19.0. The molecule has 0 aromatic carbocycles. The predicted octanol–water partition coefficient (Wildman–Crippen LogP) is 4.94. The van der Waals surface area contributed by atoms with Crippen molar-refractivity contribution in [2.75, 3.05) is 13.7 Å². The monoisotopic (exact) mass is 1090 g/mol. The molecule has 3 aliphatic rings. The fourth-order valence-electron chi connectivity index (χ4n) is 9.64. The molecule has 6 N–H and O–H groups in total. The average molecular weight is 1090 g/mol. The van der Waals surface area contributed by atoms with Crippen LogP contribution in [-0.2, 0) is 42.7 Å². The summed E-state index contributed by atoms with van der Waals surface area (Å²) in [5, 5.41) is 58.9. The fourth-order valence-corrected chi connectivity index (χ4v) is 9.64. The number of unbranched alkanes of at least 4 members (excludes halogenated alkanes) is 2. The molecule has 3 fully saturated rings. The van der Waals surface area contributed by atoms with Crippen molar-refractivity contribution in [1.82, 2.24) is 5.32 Å².